The lowest BCUT2D eigenvalue weighted by Gasteiger charge is -2.07. The Morgan fingerprint density at radius 2 is 2.18 bits per heavy atom. The minimum Gasteiger partial charge on any atom is -0.496 e. The summed E-state index contributed by atoms with van der Waals surface area (Å²) in [6.07, 6.45) is 2.60. The number of unbranched alkanes of at least 4 members (excludes halogenated alkanes) is 1. The first-order valence-electron chi connectivity index (χ1n) is 5.50. The molecule has 0 fully saturated rings. The highest BCUT2D eigenvalue weighted by molar-refractivity contribution is 7.99. The Morgan fingerprint density at radius 3 is 2.88 bits per heavy atom. The molecular formula is C12H18N2O2S. The van der Waals surface area contributed by atoms with E-state index in [1.54, 1.807) is 18.9 Å². The number of ether oxygens (including phenoxy) is 1. The van der Waals surface area contributed by atoms with Crippen LogP contribution in [0, 0.1) is 0 Å². The number of amidine groups is 1. The van der Waals surface area contributed by atoms with Crippen molar-refractivity contribution in [1.82, 2.24) is 0 Å². The Morgan fingerprint density at radius 1 is 1.41 bits per heavy atom. The molecule has 5 heteroatoms. The molecule has 0 bridgehead atoms. The molecule has 0 aliphatic carbocycles. The van der Waals surface area contributed by atoms with E-state index in [0.29, 0.717) is 12.3 Å². The van der Waals surface area contributed by atoms with E-state index in [9.17, 15) is 0 Å². The quantitative estimate of drug-likeness (QED) is 0.196. The van der Waals surface area contributed by atoms with Crippen molar-refractivity contribution in [3.8, 4) is 5.75 Å². The number of nitrogens with two attached hydrogens (primary N) is 1. The van der Waals surface area contributed by atoms with Gasteiger partial charge in [-0.2, -0.15) is 0 Å². The number of thioether (sulfide) groups is 1. The molecule has 0 atom stereocenters. The zero-order valence-corrected chi connectivity index (χ0v) is 10.7. The third-order valence-electron chi connectivity index (χ3n) is 2.28. The van der Waals surface area contributed by atoms with Crippen LogP contribution in [-0.2, 0) is 0 Å². The van der Waals surface area contributed by atoms with E-state index in [2.05, 4.69) is 5.16 Å². The smallest absolute Gasteiger partial charge is 0.139 e. The zero-order valence-electron chi connectivity index (χ0n) is 9.93. The van der Waals surface area contributed by atoms with E-state index in [0.717, 1.165) is 29.2 Å². The normalized spacial score (nSPS) is 11.5. The van der Waals surface area contributed by atoms with Crippen molar-refractivity contribution >= 4 is 17.6 Å². The van der Waals surface area contributed by atoms with Gasteiger partial charge in [-0.05, 0) is 30.7 Å². The molecule has 0 unspecified atom stereocenters. The Kier molecular flexibility index (Phi) is 6.32. The average Bonchev–Trinajstić information content (AvgIpc) is 2.38. The van der Waals surface area contributed by atoms with Gasteiger partial charge in [-0.25, -0.2) is 0 Å². The third kappa shape index (κ3) is 4.99. The Balaban J connectivity index is 2.26. The van der Waals surface area contributed by atoms with Crippen molar-refractivity contribution in [3.05, 3.63) is 24.3 Å². The average molecular weight is 254 g/mol. The molecular weight excluding hydrogens is 236 g/mol. The lowest BCUT2D eigenvalue weighted by Crippen LogP contribution is -2.10. The number of para-hydroxylation sites is 1. The summed E-state index contributed by atoms with van der Waals surface area (Å²) in [6.45, 7) is 0. The topological polar surface area (TPSA) is 67.8 Å². The fourth-order valence-corrected chi connectivity index (χ4v) is 2.42. The van der Waals surface area contributed by atoms with Gasteiger partial charge in [-0.3, -0.25) is 0 Å². The molecule has 0 aliphatic heterocycles. The molecule has 0 amide bonds. The molecule has 0 spiro atoms. The summed E-state index contributed by atoms with van der Waals surface area (Å²) in [5, 5.41) is 11.3. The van der Waals surface area contributed by atoms with Crippen molar-refractivity contribution in [3.63, 3.8) is 0 Å². The highest BCUT2D eigenvalue weighted by Crippen LogP contribution is 2.29. The van der Waals surface area contributed by atoms with Crippen molar-refractivity contribution in [2.24, 2.45) is 10.9 Å². The van der Waals surface area contributed by atoms with Gasteiger partial charge in [0.05, 0.1) is 7.11 Å². The van der Waals surface area contributed by atoms with Crippen molar-refractivity contribution in [2.45, 2.75) is 24.2 Å². The van der Waals surface area contributed by atoms with Crippen LogP contribution in [0.25, 0.3) is 0 Å². The summed E-state index contributed by atoms with van der Waals surface area (Å²) < 4.78 is 5.26. The summed E-state index contributed by atoms with van der Waals surface area (Å²) in [6, 6.07) is 7.97. The highest BCUT2D eigenvalue weighted by Gasteiger charge is 2.01. The molecule has 17 heavy (non-hydrogen) atoms. The number of methoxy groups -OCH3 is 1. The van der Waals surface area contributed by atoms with E-state index >= 15 is 0 Å². The van der Waals surface area contributed by atoms with Gasteiger partial charge in [0.15, 0.2) is 0 Å². The summed E-state index contributed by atoms with van der Waals surface area (Å²) >= 11 is 1.76. The van der Waals surface area contributed by atoms with Crippen LogP contribution in [0.1, 0.15) is 19.3 Å². The molecule has 1 aromatic carbocycles. The molecule has 0 aromatic heterocycles. The molecule has 94 valence electrons. The number of nitrogens with zero attached hydrogens (tertiary/aromatic N) is 1. The van der Waals surface area contributed by atoms with Crippen molar-refractivity contribution in [1.29, 1.82) is 0 Å². The summed E-state index contributed by atoms with van der Waals surface area (Å²) in [4.78, 5) is 1.15. The minimum absolute atomic E-state index is 0.298. The second-order valence-corrected chi connectivity index (χ2v) is 4.68. The van der Waals surface area contributed by atoms with Crippen molar-refractivity contribution in [2.75, 3.05) is 12.9 Å². The Hall–Kier alpha value is -1.36. The molecule has 0 radical (unpaired) electrons. The number of hydrogen-bond donors (Lipinski definition) is 2. The van der Waals surface area contributed by atoms with E-state index in [4.69, 9.17) is 15.7 Å². The van der Waals surface area contributed by atoms with Gasteiger partial charge in [-0.1, -0.05) is 17.3 Å². The van der Waals surface area contributed by atoms with Gasteiger partial charge in [-0.15, -0.1) is 11.8 Å². The molecule has 3 N–H and O–H groups in total. The molecule has 4 nitrogen and oxygen atoms in total. The molecule has 0 saturated heterocycles. The maximum absolute atomic E-state index is 8.38. The van der Waals surface area contributed by atoms with Crippen molar-refractivity contribution < 1.29 is 9.94 Å². The predicted molar refractivity (Wildman–Crippen MR) is 71.0 cm³/mol. The molecule has 0 heterocycles. The first-order chi connectivity index (χ1) is 8.27. The molecule has 1 aromatic rings. The Bertz CT molecular complexity index is 369. The predicted octanol–water partition coefficient (Wildman–Crippen LogP) is 2.70. The van der Waals surface area contributed by atoms with Crippen LogP contribution in [0.5, 0.6) is 5.75 Å². The van der Waals surface area contributed by atoms with Crippen LogP contribution >= 0.6 is 11.8 Å². The number of hydrogen-bond acceptors (Lipinski definition) is 4. The van der Waals surface area contributed by atoms with E-state index in [1.165, 1.54) is 0 Å². The van der Waals surface area contributed by atoms with Gasteiger partial charge in [0.25, 0.3) is 0 Å². The minimum atomic E-state index is 0.298. The number of benzene rings is 1. The third-order valence-corrected chi connectivity index (χ3v) is 3.42. The second kappa shape index (κ2) is 7.84. The van der Waals surface area contributed by atoms with Crippen LogP contribution < -0.4 is 10.5 Å². The monoisotopic (exact) mass is 254 g/mol. The lowest BCUT2D eigenvalue weighted by molar-refractivity contribution is 0.316. The number of rotatable bonds is 7. The van der Waals surface area contributed by atoms with Crippen LogP contribution in [0.15, 0.2) is 34.3 Å². The standard InChI is InChI=1S/C12H18N2O2S/c1-16-10-6-2-3-7-11(10)17-9-5-4-8-12(13)14-15/h2-3,6-7,15H,4-5,8-9H2,1H3,(H2,13,14). The maximum Gasteiger partial charge on any atom is 0.139 e. The van der Waals surface area contributed by atoms with Gasteiger partial charge >= 0.3 is 0 Å². The fraction of sp³-hybridized carbons (Fsp3) is 0.417. The Labute approximate surface area is 106 Å². The van der Waals surface area contributed by atoms with Gasteiger partial charge in [0.2, 0.25) is 0 Å². The number of oxime groups is 1. The van der Waals surface area contributed by atoms with E-state index in [1.807, 2.05) is 24.3 Å². The van der Waals surface area contributed by atoms with Crippen LogP contribution in [0.2, 0.25) is 0 Å². The summed E-state index contributed by atoms with van der Waals surface area (Å²) in [7, 11) is 1.68. The van der Waals surface area contributed by atoms with Gasteiger partial charge in [0, 0.05) is 11.3 Å². The maximum atomic E-state index is 8.38. The first kappa shape index (κ1) is 13.7. The molecule has 1 rings (SSSR count). The SMILES string of the molecule is COc1ccccc1SCCCC/C(N)=N/O. The summed E-state index contributed by atoms with van der Waals surface area (Å²) in [5.41, 5.74) is 5.39. The van der Waals surface area contributed by atoms with E-state index in [-0.39, 0.29) is 0 Å². The van der Waals surface area contributed by atoms with Crippen LogP contribution in [-0.4, -0.2) is 23.9 Å². The molecule has 0 saturated carbocycles. The first-order valence-corrected chi connectivity index (χ1v) is 6.48. The summed E-state index contributed by atoms with van der Waals surface area (Å²) in [5.74, 6) is 2.21. The van der Waals surface area contributed by atoms with Crippen LogP contribution in [0.3, 0.4) is 0 Å². The molecule has 0 aliphatic rings. The largest absolute Gasteiger partial charge is 0.496 e. The van der Waals surface area contributed by atoms with Gasteiger partial charge < -0.3 is 15.7 Å². The van der Waals surface area contributed by atoms with Crippen LogP contribution in [0.4, 0.5) is 0 Å². The van der Waals surface area contributed by atoms with Gasteiger partial charge in [0.1, 0.15) is 11.6 Å². The zero-order chi connectivity index (χ0) is 12.5. The lowest BCUT2D eigenvalue weighted by atomic mass is 10.2. The van der Waals surface area contributed by atoms with E-state index < -0.39 is 0 Å². The fourth-order valence-electron chi connectivity index (χ4n) is 1.38. The second-order valence-electron chi connectivity index (χ2n) is 3.55. The highest BCUT2D eigenvalue weighted by atomic mass is 32.2.